The first-order valence-corrected chi connectivity index (χ1v) is 9.26. The Hall–Kier alpha value is -1.06. The van der Waals surface area contributed by atoms with Crippen LogP contribution in [0, 0.1) is 0 Å². The maximum Gasteiger partial charge on any atom is 0.465 e. The van der Waals surface area contributed by atoms with Crippen LogP contribution in [0.4, 0.5) is 0 Å². The molecule has 2 rings (SSSR count). The number of unbranched alkanes of at least 4 members (excludes halogenated alkanes) is 1. The monoisotopic (exact) mass is 328 g/mol. The molecule has 1 fully saturated rings. The van der Waals surface area contributed by atoms with Crippen molar-refractivity contribution in [3.8, 4) is 0 Å². The molecule has 0 bridgehead atoms. The third kappa shape index (κ3) is 4.97. The van der Waals surface area contributed by atoms with Crippen LogP contribution in [-0.4, -0.2) is 18.3 Å². The van der Waals surface area contributed by atoms with Crippen molar-refractivity contribution in [2.75, 3.05) is 0 Å². The summed E-state index contributed by atoms with van der Waals surface area (Å²) in [5, 5.41) is 0. The summed E-state index contributed by atoms with van der Waals surface area (Å²) in [6.07, 6.45) is 6.97. The van der Waals surface area contributed by atoms with Gasteiger partial charge in [-0.3, -0.25) is 0 Å². The molecule has 3 heteroatoms. The number of aryl methyl sites for hydroxylation is 1. The van der Waals surface area contributed by atoms with Crippen LogP contribution in [0.1, 0.15) is 66.4 Å². The molecule has 0 amide bonds. The Morgan fingerprint density at radius 1 is 1.00 bits per heavy atom. The molecule has 1 saturated heterocycles. The lowest BCUT2D eigenvalue weighted by atomic mass is 9.68. The number of hydrogen-bond donors (Lipinski definition) is 0. The van der Waals surface area contributed by atoms with Gasteiger partial charge in [0.05, 0.1) is 11.2 Å². The van der Waals surface area contributed by atoms with Gasteiger partial charge in [-0.25, -0.2) is 0 Å². The lowest BCUT2D eigenvalue weighted by Crippen LogP contribution is -2.41. The molecule has 1 atom stereocenters. The van der Waals surface area contributed by atoms with Gasteiger partial charge in [-0.2, -0.15) is 0 Å². The summed E-state index contributed by atoms with van der Waals surface area (Å²) in [4.78, 5) is 0. The molecule has 2 nitrogen and oxygen atoms in total. The minimum atomic E-state index is -0.255. The molecule has 0 aromatic heterocycles. The second-order valence-electron chi connectivity index (χ2n) is 8.26. The first kappa shape index (κ1) is 19.3. The summed E-state index contributed by atoms with van der Waals surface area (Å²) in [5.41, 5.74) is 2.25. The van der Waals surface area contributed by atoms with Crippen molar-refractivity contribution in [1.82, 2.24) is 0 Å². The van der Waals surface area contributed by atoms with E-state index in [2.05, 4.69) is 78.0 Å². The minimum absolute atomic E-state index is 0.137. The Bertz CT molecular complexity index is 528. The van der Waals surface area contributed by atoms with Crippen LogP contribution in [0.15, 0.2) is 42.0 Å². The van der Waals surface area contributed by atoms with E-state index in [1.807, 2.05) is 0 Å². The zero-order valence-electron chi connectivity index (χ0n) is 16.3. The molecule has 132 valence electrons. The molecule has 1 aromatic carbocycles. The molecule has 0 unspecified atom stereocenters. The first-order chi connectivity index (χ1) is 11.2. The van der Waals surface area contributed by atoms with E-state index in [-0.39, 0.29) is 18.3 Å². The molecule has 0 N–H and O–H groups in total. The van der Waals surface area contributed by atoms with Gasteiger partial charge >= 0.3 is 7.12 Å². The Labute approximate surface area is 148 Å². The van der Waals surface area contributed by atoms with Crippen molar-refractivity contribution in [1.29, 1.82) is 0 Å². The summed E-state index contributed by atoms with van der Waals surface area (Å²) in [6.45, 7) is 12.8. The third-order valence-corrected chi connectivity index (χ3v) is 5.26. The average Bonchev–Trinajstić information content (AvgIpc) is 2.71. The van der Waals surface area contributed by atoms with Gasteiger partial charge in [0.15, 0.2) is 0 Å². The van der Waals surface area contributed by atoms with Gasteiger partial charge < -0.3 is 9.31 Å². The maximum atomic E-state index is 6.28. The highest BCUT2D eigenvalue weighted by atomic mass is 16.7. The van der Waals surface area contributed by atoms with Crippen molar-refractivity contribution in [2.24, 2.45) is 0 Å². The van der Waals surface area contributed by atoms with E-state index in [1.165, 1.54) is 24.0 Å². The number of rotatable bonds is 7. The van der Waals surface area contributed by atoms with E-state index < -0.39 is 0 Å². The topological polar surface area (TPSA) is 18.5 Å². The van der Waals surface area contributed by atoms with Crippen LogP contribution in [-0.2, 0) is 15.7 Å². The summed E-state index contributed by atoms with van der Waals surface area (Å²) in [5.74, 6) is 0.326. The summed E-state index contributed by atoms with van der Waals surface area (Å²) >= 11 is 0. The van der Waals surface area contributed by atoms with E-state index >= 15 is 0 Å². The molecule has 1 aliphatic rings. The zero-order chi connectivity index (χ0) is 17.8. The third-order valence-electron chi connectivity index (χ3n) is 5.26. The molecular weight excluding hydrogens is 295 g/mol. The van der Waals surface area contributed by atoms with Crippen molar-refractivity contribution >= 4 is 7.12 Å². The van der Waals surface area contributed by atoms with Crippen LogP contribution < -0.4 is 0 Å². The van der Waals surface area contributed by atoms with Crippen molar-refractivity contribution in [2.45, 2.75) is 84.2 Å². The Morgan fingerprint density at radius 3 is 2.12 bits per heavy atom. The van der Waals surface area contributed by atoms with Crippen LogP contribution >= 0.6 is 0 Å². The van der Waals surface area contributed by atoms with E-state index in [9.17, 15) is 0 Å². The highest BCUT2D eigenvalue weighted by Gasteiger charge is 2.53. The number of benzene rings is 1. The molecule has 1 aliphatic heterocycles. The van der Waals surface area contributed by atoms with Gasteiger partial charge in [0.25, 0.3) is 0 Å². The van der Waals surface area contributed by atoms with Crippen molar-refractivity contribution < 1.29 is 9.31 Å². The Balaban J connectivity index is 1.91. The average molecular weight is 328 g/mol. The quantitative estimate of drug-likeness (QED) is 0.356. The van der Waals surface area contributed by atoms with Crippen LogP contribution in [0.2, 0.25) is 5.82 Å². The smallest absolute Gasteiger partial charge is 0.403 e. The fraction of sp³-hybridized carbons (Fsp3) is 0.619. The highest BCUT2D eigenvalue weighted by Crippen LogP contribution is 2.41. The van der Waals surface area contributed by atoms with Crippen LogP contribution in [0.3, 0.4) is 0 Å². The Kier molecular flexibility index (Phi) is 6.33. The van der Waals surface area contributed by atoms with Crippen molar-refractivity contribution in [3.05, 3.63) is 47.5 Å². The predicted octanol–water partition coefficient (Wildman–Crippen LogP) is 5.83. The number of hydrogen-bond acceptors (Lipinski definition) is 2. The van der Waals surface area contributed by atoms with Gasteiger partial charge in [0.1, 0.15) is 0 Å². The van der Waals surface area contributed by atoms with Gasteiger partial charge in [0, 0.05) is 5.82 Å². The van der Waals surface area contributed by atoms with E-state index in [0.29, 0.717) is 5.82 Å². The second-order valence-corrected chi connectivity index (χ2v) is 8.26. The van der Waals surface area contributed by atoms with E-state index in [4.69, 9.17) is 9.31 Å². The van der Waals surface area contributed by atoms with Gasteiger partial charge in [-0.05, 0) is 66.4 Å². The molecular formula is C21H33BO2. The lowest BCUT2D eigenvalue weighted by molar-refractivity contribution is 0.00578. The predicted molar refractivity (Wildman–Crippen MR) is 103 cm³/mol. The van der Waals surface area contributed by atoms with Gasteiger partial charge in [0.2, 0.25) is 0 Å². The van der Waals surface area contributed by atoms with E-state index in [1.54, 1.807) is 0 Å². The lowest BCUT2D eigenvalue weighted by Gasteiger charge is -2.32. The van der Waals surface area contributed by atoms with E-state index in [0.717, 1.165) is 12.8 Å². The maximum absolute atomic E-state index is 6.28. The summed E-state index contributed by atoms with van der Waals surface area (Å²) in [7, 11) is -0.137. The first-order valence-electron chi connectivity index (χ1n) is 9.26. The minimum Gasteiger partial charge on any atom is -0.403 e. The van der Waals surface area contributed by atoms with Gasteiger partial charge in [-0.1, -0.05) is 48.4 Å². The van der Waals surface area contributed by atoms with Crippen LogP contribution in [0.5, 0.6) is 0 Å². The zero-order valence-corrected chi connectivity index (χ0v) is 16.3. The fourth-order valence-corrected chi connectivity index (χ4v) is 3.14. The van der Waals surface area contributed by atoms with Gasteiger partial charge in [-0.15, -0.1) is 0 Å². The number of allylic oxidation sites excluding steroid dienone is 2. The SMILES string of the molecule is CC(C)=C[C@H](CCCCc1ccccc1)B1OC(C)(C)C(C)(C)O1. The molecule has 1 heterocycles. The Morgan fingerprint density at radius 2 is 1.58 bits per heavy atom. The summed E-state index contributed by atoms with van der Waals surface area (Å²) in [6, 6.07) is 10.7. The summed E-state index contributed by atoms with van der Waals surface area (Å²) < 4.78 is 12.6. The van der Waals surface area contributed by atoms with Crippen molar-refractivity contribution in [3.63, 3.8) is 0 Å². The molecule has 0 saturated carbocycles. The molecule has 0 aliphatic carbocycles. The second kappa shape index (κ2) is 7.88. The highest BCUT2D eigenvalue weighted by molar-refractivity contribution is 6.48. The van der Waals surface area contributed by atoms with Crippen LogP contribution in [0.25, 0.3) is 0 Å². The standard InChI is InChI=1S/C21H33BO2/c1-17(2)16-19(22-23-20(3,4)21(5,6)24-22)15-11-10-14-18-12-8-7-9-13-18/h7-9,12-13,16,19H,10-11,14-15H2,1-6H3/t19-/m0/s1. The largest absolute Gasteiger partial charge is 0.465 e. The molecule has 0 radical (unpaired) electrons. The molecule has 1 aromatic rings. The molecule has 24 heavy (non-hydrogen) atoms. The molecule has 0 spiro atoms. The fourth-order valence-electron chi connectivity index (χ4n) is 3.14. The normalized spacial score (nSPS) is 20.0.